The summed E-state index contributed by atoms with van der Waals surface area (Å²) in [5.74, 6) is 2.64. The van der Waals surface area contributed by atoms with E-state index in [4.69, 9.17) is 4.74 Å². The van der Waals surface area contributed by atoms with Gasteiger partial charge in [0.1, 0.15) is 6.10 Å². The zero-order valence-electron chi connectivity index (χ0n) is 30.4. The molecule has 0 unspecified atom stereocenters. The fraction of sp³-hybridized carbons (Fsp3) is 0.756. The minimum atomic E-state index is -0.300. The highest BCUT2D eigenvalue weighted by Gasteiger charge is 2.72. The maximum Gasteiger partial charge on any atom is 0.302 e. The predicted molar refractivity (Wildman–Crippen MR) is 187 cm³/mol. The van der Waals surface area contributed by atoms with Crippen molar-refractivity contribution in [2.24, 2.45) is 56.7 Å². The Balaban J connectivity index is 1.28. The fourth-order valence-corrected chi connectivity index (χ4v) is 13.2. The van der Waals surface area contributed by atoms with Gasteiger partial charge in [-0.3, -0.25) is 9.59 Å². The molecule has 0 spiro atoms. The van der Waals surface area contributed by atoms with Gasteiger partial charge in [0, 0.05) is 38.7 Å². The quantitative estimate of drug-likeness (QED) is 0.252. The first-order valence-corrected chi connectivity index (χ1v) is 18.4. The van der Waals surface area contributed by atoms with Crippen molar-refractivity contribution in [2.45, 2.75) is 125 Å². The molecule has 0 saturated heterocycles. The van der Waals surface area contributed by atoms with E-state index in [-0.39, 0.29) is 45.1 Å². The number of amides is 1. The molecule has 46 heavy (non-hydrogen) atoms. The maximum absolute atomic E-state index is 14.5. The Kier molecular flexibility index (Phi) is 8.33. The highest BCUT2D eigenvalue weighted by Crippen LogP contribution is 2.77. The number of hydrogen-bond donors (Lipinski definition) is 1. The van der Waals surface area contributed by atoms with E-state index in [1.807, 2.05) is 0 Å². The Morgan fingerprint density at radius 3 is 2.17 bits per heavy atom. The minimum absolute atomic E-state index is 0.00824. The molecule has 5 aliphatic rings. The van der Waals surface area contributed by atoms with Crippen LogP contribution in [0.5, 0.6) is 0 Å². The lowest BCUT2D eigenvalue weighted by Crippen LogP contribution is -2.67. The van der Waals surface area contributed by atoms with Gasteiger partial charge in [0.2, 0.25) is 5.91 Å². The zero-order chi connectivity index (χ0) is 33.4. The molecule has 5 nitrogen and oxygen atoms in total. The number of hydrogen-bond acceptors (Lipinski definition) is 4. The number of fused-ring (bicyclic) bond motifs is 7. The van der Waals surface area contributed by atoms with Gasteiger partial charge in [-0.1, -0.05) is 58.9 Å². The van der Waals surface area contributed by atoms with Crippen molar-refractivity contribution < 1.29 is 14.3 Å². The first kappa shape index (κ1) is 33.6. The summed E-state index contributed by atoms with van der Waals surface area (Å²) in [5.41, 5.74) is 3.93. The van der Waals surface area contributed by atoms with E-state index in [2.05, 4.69) is 96.7 Å². The van der Waals surface area contributed by atoms with E-state index in [9.17, 15) is 9.59 Å². The summed E-state index contributed by atoms with van der Waals surface area (Å²) >= 11 is 0. The Morgan fingerprint density at radius 2 is 1.54 bits per heavy atom. The summed E-state index contributed by atoms with van der Waals surface area (Å²) in [6.45, 7) is 21.6. The van der Waals surface area contributed by atoms with Gasteiger partial charge in [-0.25, -0.2) is 0 Å². The van der Waals surface area contributed by atoms with E-state index in [1.54, 1.807) is 6.92 Å². The molecule has 1 N–H and O–H groups in total. The van der Waals surface area contributed by atoms with Gasteiger partial charge in [0.05, 0.1) is 5.41 Å². The molecule has 1 aromatic rings. The average molecular weight is 631 g/mol. The molecule has 254 valence electrons. The first-order chi connectivity index (χ1) is 21.5. The third-order valence-corrected chi connectivity index (χ3v) is 15.7. The molecule has 5 heteroatoms. The Bertz CT molecular complexity index is 1370. The van der Waals surface area contributed by atoms with Crippen molar-refractivity contribution >= 4 is 17.6 Å². The summed E-state index contributed by atoms with van der Waals surface area (Å²) in [7, 11) is 4.11. The van der Waals surface area contributed by atoms with Gasteiger partial charge >= 0.3 is 5.97 Å². The normalized spacial score (nSPS) is 42.5. The second-order valence-corrected chi connectivity index (χ2v) is 18.0. The molecule has 0 radical (unpaired) electrons. The standard InChI is InChI=1S/C41H62N2O3/c1-26(2)30-17-22-41(36(45)42-25-28-11-13-29(14-12-28)43(9)10)24-23-39(7)31(35(30)41)15-16-33-38(6)20-19-34(46-27(3)44)37(4,5)32(38)18-21-40(33,39)8/h11-14,30-35H,1,15-25H2,2-10H3,(H,42,45)/t30-,31+,32-,33+,34-,35+,38-,39+,40+,41-/m0/s1. The molecular formula is C41H62N2O3. The Hall–Kier alpha value is -2.30. The molecule has 1 aromatic carbocycles. The minimum Gasteiger partial charge on any atom is -0.462 e. The second-order valence-electron chi connectivity index (χ2n) is 18.0. The van der Waals surface area contributed by atoms with Crippen LogP contribution in [0.1, 0.15) is 118 Å². The Labute approximate surface area is 279 Å². The van der Waals surface area contributed by atoms with Gasteiger partial charge in [-0.15, -0.1) is 0 Å². The molecule has 6 rings (SSSR count). The van der Waals surface area contributed by atoms with Crippen molar-refractivity contribution in [1.29, 1.82) is 0 Å². The number of nitrogens with one attached hydrogen (secondary N) is 1. The number of carbonyl (C=O) groups is 2. The van der Waals surface area contributed by atoms with Crippen LogP contribution >= 0.6 is 0 Å². The maximum atomic E-state index is 14.5. The molecule has 0 aliphatic heterocycles. The number of nitrogens with zero attached hydrogens (tertiary/aromatic N) is 1. The van der Waals surface area contributed by atoms with Crippen LogP contribution in [0, 0.1) is 56.7 Å². The lowest BCUT2D eigenvalue weighted by molar-refractivity contribution is -0.248. The van der Waals surface area contributed by atoms with E-state index in [0.29, 0.717) is 36.1 Å². The number of rotatable bonds is 6. The van der Waals surface area contributed by atoms with Crippen LogP contribution in [-0.2, 0) is 20.9 Å². The summed E-state index contributed by atoms with van der Waals surface area (Å²) in [4.78, 5) is 28.6. The number of esters is 1. The highest BCUT2D eigenvalue weighted by atomic mass is 16.5. The van der Waals surface area contributed by atoms with Crippen molar-refractivity contribution in [3.8, 4) is 0 Å². The summed E-state index contributed by atoms with van der Waals surface area (Å²) < 4.78 is 5.96. The van der Waals surface area contributed by atoms with Crippen LogP contribution < -0.4 is 10.2 Å². The summed E-state index contributed by atoms with van der Waals surface area (Å²) in [5, 5.41) is 3.46. The largest absolute Gasteiger partial charge is 0.462 e. The van der Waals surface area contributed by atoms with Crippen LogP contribution in [0.3, 0.4) is 0 Å². The lowest BCUT2D eigenvalue weighted by Gasteiger charge is -2.72. The van der Waals surface area contributed by atoms with Gasteiger partial charge in [-0.05, 0) is 135 Å². The van der Waals surface area contributed by atoms with Crippen LogP contribution in [0.25, 0.3) is 0 Å². The van der Waals surface area contributed by atoms with Gasteiger partial charge in [0.25, 0.3) is 0 Å². The van der Waals surface area contributed by atoms with Gasteiger partial charge in [-0.2, -0.15) is 0 Å². The van der Waals surface area contributed by atoms with E-state index in [1.165, 1.54) is 36.9 Å². The molecular weight excluding hydrogens is 568 g/mol. The fourth-order valence-electron chi connectivity index (χ4n) is 13.2. The van der Waals surface area contributed by atoms with E-state index >= 15 is 0 Å². The van der Waals surface area contributed by atoms with Gasteiger partial charge in [0.15, 0.2) is 0 Å². The Morgan fingerprint density at radius 1 is 0.848 bits per heavy atom. The van der Waals surface area contributed by atoms with Crippen LogP contribution in [0.2, 0.25) is 0 Å². The van der Waals surface area contributed by atoms with Crippen LogP contribution in [-0.4, -0.2) is 32.1 Å². The third kappa shape index (κ3) is 4.82. The van der Waals surface area contributed by atoms with Crippen LogP contribution in [0.15, 0.2) is 36.4 Å². The molecule has 1 amide bonds. The smallest absolute Gasteiger partial charge is 0.302 e. The topological polar surface area (TPSA) is 58.6 Å². The molecule has 5 fully saturated rings. The molecule has 0 bridgehead atoms. The number of allylic oxidation sites excluding steroid dienone is 1. The molecule has 10 atom stereocenters. The second kappa shape index (κ2) is 11.4. The number of anilines is 1. The molecule has 0 heterocycles. The van der Waals surface area contributed by atoms with Crippen molar-refractivity contribution in [3.63, 3.8) is 0 Å². The number of carbonyl (C=O) groups excluding carboxylic acids is 2. The monoisotopic (exact) mass is 630 g/mol. The summed E-state index contributed by atoms with van der Waals surface area (Å²) in [6, 6.07) is 8.57. The molecule has 5 saturated carbocycles. The van der Waals surface area contributed by atoms with Crippen molar-refractivity contribution in [1.82, 2.24) is 5.32 Å². The zero-order valence-corrected chi connectivity index (χ0v) is 30.4. The highest BCUT2D eigenvalue weighted by molar-refractivity contribution is 5.84. The number of benzene rings is 1. The SMILES string of the molecule is C=C(C)[C@@H]1CC[C@]2(C(=O)NCc3ccc(N(C)C)cc3)CC[C@]3(C)[C@H](CC[C@@H]4[C@@]5(C)CC[C@H](OC(C)=O)C(C)(C)[C@@H]5CC[C@]43C)[C@@H]12. The van der Waals surface area contributed by atoms with Crippen LogP contribution in [0.4, 0.5) is 5.69 Å². The average Bonchev–Trinajstić information content (AvgIpc) is 3.39. The summed E-state index contributed by atoms with van der Waals surface area (Å²) in [6.07, 6.45) is 11.2. The van der Waals surface area contributed by atoms with E-state index < -0.39 is 0 Å². The third-order valence-electron chi connectivity index (χ3n) is 15.7. The van der Waals surface area contributed by atoms with E-state index in [0.717, 1.165) is 44.1 Å². The molecule has 0 aromatic heterocycles. The van der Waals surface area contributed by atoms with Crippen molar-refractivity contribution in [3.05, 3.63) is 42.0 Å². The van der Waals surface area contributed by atoms with Gasteiger partial charge < -0.3 is 15.0 Å². The first-order valence-electron chi connectivity index (χ1n) is 18.4. The predicted octanol–water partition coefficient (Wildman–Crippen LogP) is 8.96. The van der Waals surface area contributed by atoms with Crippen molar-refractivity contribution in [2.75, 3.05) is 19.0 Å². The number of ether oxygens (including phenoxy) is 1. The lowest BCUT2D eigenvalue weighted by atomic mass is 9.32. The molecule has 5 aliphatic carbocycles.